The Balaban J connectivity index is 3.00. The average Bonchev–Trinajstić information content (AvgIpc) is 2.20. The third kappa shape index (κ3) is 4.11. The van der Waals surface area contributed by atoms with E-state index < -0.39 is 11.6 Å². The van der Waals surface area contributed by atoms with E-state index in [-0.39, 0.29) is 17.5 Å². The second-order valence-corrected chi connectivity index (χ2v) is 4.75. The first kappa shape index (κ1) is 13.6. The van der Waals surface area contributed by atoms with Gasteiger partial charge in [-0.25, -0.2) is 14.6 Å². The molecule has 0 atom stereocenters. The summed E-state index contributed by atoms with van der Waals surface area (Å²) in [6.07, 6.45) is 0.00623. The number of aliphatic imine (C=N–C) groups is 1. The van der Waals surface area contributed by atoms with Crippen LogP contribution in [0.3, 0.4) is 0 Å². The molecule has 94 valence electrons. The van der Waals surface area contributed by atoms with Crippen LogP contribution in [0.1, 0.15) is 26.3 Å². The van der Waals surface area contributed by atoms with Gasteiger partial charge >= 0.3 is 0 Å². The summed E-state index contributed by atoms with van der Waals surface area (Å²) in [6.45, 7) is 5.63. The summed E-state index contributed by atoms with van der Waals surface area (Å²) in [5.74, 6) is 4.46. The fraction of sp³-hybridized carbons (Fsp3) is 0.417. The number of nitrogens with zero attached hydrogens (tertiary/aromatic N) is 1. The van der Waals surface area contributed by atoms with Crippen LogP contribution in [0, 0.1) is 11.6 Å². The highest BCUT2D eigenvalue weighted by Gasteiger charge is 2.14. The summed E-state index contributed by atoms with van der Waals surface area (Å²) >= 11 is 0. The van der Waals surface area contributed by atoms with Crippen LogP contribution in [-0.4, -0.2) is 11.4 Å². The van der Waals surface area contributed by atoms with Crippen molar-refractivity contribution < 1.29 is 8.78 Å². The summed E-state index contributed by atoms with van der Waals surface area (Å²) in [7, 11) is 0. The number of halogens is 2. The molecule has 0 bridgehead atoms. The molecule has 0 aliphatic heterocycles. The quantitative estimate of drug-likeness (QED) is 0.361. The third-order valence-electron chi connectivity index (χ3n) is 2.04. The first-order chi connectivity index (χ1) is 7.83. The van der Waals surface area contributed by atoms with Gasteiger partial charge in [-0.3, -0.25) is 4.99 Å². The number of hydrogen-bond acceptors (Lipinski definition) is 2. The number of nitrogens with one attached hydrogen (secondary N) is 1. The molecular weight excluding hydrogens is 224 g/mol. The summed E-state index contributed by atoms with van der Waals surface area (Å²) in [5, 5.41) is 0. The van der Waals surface area contributed by atoms with Gasteiger partial charge < -0.3 is 5.43 Å². The van der Waals surface area contributed by atoms with Gasteiger partial charge in [-0.05, 0) is 32.9 Å². The Morgan fingerprint density at radius 2 is 1.82 bits per heavy atom. The molecule has 0 aliphatic rings. The Bertz CT molecular complexity index is 402. The molecule has 1 aromatic carbocycles. The predicted molar refractivity (Wildman–Crippen MR) is 64.6 cm³/mol. The minimum Gasteiger partial charge on any atom is -0.312 e. The second-order valence-electron chi connectivity index (χ2n) is 4.75. The normalized spacial score (nSPS) is 12.7. The number of hydrazine groups is 1. The van der Waals surface area contributed by atoms with Crippen LogP contribution in [0.15, 0.2) is 23.2 Å². The predicted octanol–water partition coefficient (Wildman–Crippen LogP) is 2.17. The Hall–Kier alpha value is -1.49. The first-order valence-electron chi connectivity index (χ1n) is 5.31. The zero-order chi connectivity index (χ0) is 13.1. The minimum absolute atomic E-state index is 0.00623. The van der Waals surface area contributed by atoms with E-state index in [2.05, 4.69) is 10.4 Å². The lowest BCUT2D eigenvalue weighted by molar-refractivity contribution is 0.557. The topological polar surface area (TPSA) is 50.4 Å². The fourth-order valence-corrected chi connectivity index (χ4v) is 1.40. The molecule has 1 aromatic rings. The van der Waals surface area contributed by atoms with Gasteiger partial charge in [0, 0.05) is 12.0 Å². The van der Waals surface area contributed by atoms with E-state index in [1.165, 1.54) is 18.2 Å². The second kappa shape index (κ2) is 5.23. The Labute approximate surface area is 99.7 Å². The van der Waals surface area contributed by atoms with Gasteiger partial charge in [-0.15, -0.1) is 0 Å². The Morgan fingerprint density at radius 1 is 1.29 bits per heavy atom. The van der Waals surface area contributed by atoms with Crippen molar-refractivity contribution in [2.45, 2.75) is 32.7 Å². The van der Waals surface area contributed by atoms with Crippen LogP contribution in [0.25, 0.3) is 0 Å². The fourth-order valence-electron chi connectivity index (χ4n) is 1.40. The van der Waals surface area contributed by atoms with E-state index in [0.29, 0.717) is 5.84 Å². The maximum Gasteiger partial charge on any atom is 0.129 e. The van der Waals surface area contributed by atoms with Crippen molar-refractivity contribution in [1.29, 1.82) is 0 Å². The molecule has 17 heavy (non-hydrogen) atoms. The van der Waals surface area contributed by atoms with Crippen LogP contribution in [0.5, 0.6) is 0 Å². The SMILES string of the molecule is CC(C)(C)N=C(Cc1c(F)cccc1F)NN. The molecule has 0 saturated heterocycles. The summed E-state index contributed by atoms with van der Waals surface area (Å²) in [6, 6.07) is 3.75. The van der Waals surface area contributed by atoms with E-state index in [0.717, 1.165) is 0 Å². The lowest BCUT2D eigenvalue weighted by Gasteiger charge is -2.16. The maximum atomic E-state index is 13.4. The van der Waals surface area contributed by atoms with Crippen molar-refractivity contribution in [3.05, 3.63) is 35.4 Å². The van der Waals surface area contributed by atoms with Gasteiger partial charge in [0.05, 0.1) is 5.54 Å². The number of rotatable bonds is 2. The number of benzene rings is 1. The molecule has 0 aliphatic carbocycles. The highest BCUT2D eigenvalue weighted by atomic mass is 19.1. The molecule has 0 fully saturated rings. The van der Waals surface area contributed by atoms with Crippen molar-refractivity contribution in [2.75, 3.05) is 0 Å². The molecule has 3 nitrogen and oxygen atoms in total. The van der Waals surface area contributed by atoms with Crippen LogP contribution in [-0.2, 0) is 6.42 Å². The molecule has 0 saturated carbocycles. The molecule has 0 unspecified atom stereocenters. The monoisotopic (exact) mass is 241 g/mol. The molecule has 5 heteroatoms. The van der Waals surface area contributed by atoms with Crippen LogP contribution < -0.4 is 11.3 Å². The molecular formula is C12H17F2N3. The zero-order valence-electron chi connectivity index (χ0n) is 10.2. The van der Waals surface area contributed by atoms with E-state index >= 15 is 0 Å². The smallest absolute Gasteiger partial charge is 0.129 e. The van der Waals surface area contributed by atoms with Crippen LogP contribution in [0.2, 0.25) is 0 Å². The van der Waals surface area contributed by atoms with Crippen molar-refractivity contribution >= 4 is 5.84 Å². The highest BCUT2D eigenvalue weighted by Crippen LogP contribution is 2.14. The molecule has 1 rings (SSSR count). The van der Waals surface area contributed by atoms with Crippen molar-refractivity contribution in [1.82, 2.24) is 5.43 Å². The van der Waals surface area contributed by atoms with Gasteiger partial charge in [0.2, 0.25) is 0 Å². The lowest BCUT2D eigenvalue weighted by Crippen LogP contribution is -2.34. The van der Waals surface area contributed by atoms with Crippen molar-refractivity contribution in [3.8, 4) is 0 Å². The van der Waals surface area contributed by atoms with Gasteiger partial charge in [0.15, 0.2) is 0 Å². The largest absolute Gasteiger partial charge is 0.312 e. The van der Waals surface area contributed by atoms with Crippen LogP contribution >= 0.6 is 0 Å². The van der Waals surface area contributed by atoms with E-state index in [1.54, 1.807) is 0 Å². The van der Waals surface area contributed by atoms with Gasteiger partial charge in [0.25, 0.3) is 0 Å². The summed E-state index contributed by atoms with van der Waals surface area (Å²) in [4.78, 5) is 4.25. The van der Waals surface area contributed by atoms with Crippen LogP contribution in [0.4, 0.5) is 8.78 Å². The van der Waals surface area contributed by atoms with E-state index in [4.69, 9.17) is 5.84 Å². The molecule has 0 aromatic heterocycles. The van der Waals surface area contributed by atoms with Gasteiger partial charge in [0.1, 0.15) is 17.5 Å². The molecule has 0 amide bonds. The third-order valence-corrected chi connectivity index (χ3v) is 2.04. The van der Waals surface area contributed by atoms with E-state index in [9.17, 15) is 8.78 Å². The molecule has 0 spiro atoms. The van der Waals surface area contributed by atoms with Gasteiger partial charge in [-0.2, -0.15) is 0 Å². The number of amidine groups is 1. The maximum absolute atomic E-state index is 13.4. The summed E-state index contributed by atoms with van der Waals surface area (Å²) in [5.41, 5.74) is 1.99. The van der Waals surface area contributed by atoms with Gasteiger partial charge in [-0.1, -0.05) is 6.07 Å². The number of hydrogen-bond donors (Lipinski definition) is 2. The minimum atomic E-state index is -0.596. The Morgan fingerprint density at radius 3 is 2.24 bits per heavy atom. The highest BCUT2D eigenvalue weighted by molar-refractivity contribution is 5.84. The van der Waals surface area contributed by atoms with Crippen molar-refractivity contribution in [3.63, 3.8) is 0 Å². The average molecular weight is 241 g/mol. The first-order valence-corrected chi connectivity index (χ1v) is 5.31. The molecule has 0 radical (unpaired) electrons. The summed E-state index contributed by atoms with van der Waals surface area (Å²) < 4.78 is 26.8. The molecule has 0 heterocycles. The molecule has 3 N–H and O–H groups in total. The van der Waals surface area contributed by atoms with E-state index in [1.807, 2.05) is 20.8 Å². The van der Waals surface area contributed by atoms with Crippen molar-refractivity contribution in [2.24, 2.45) is 10.8 Å². The standard InChI is InChI=1S/C12H17F2N3/c1-12(2,3)16-11(17-15)7-8-9(13)5-4-6-10(8)14/h4-6H,7,15H2,1-3H3,(H,16,17). The zero-order valence-corrected chi connectivity index (χ0v) is 10.2. The number of nitrogens with two attached hydrogens (primary N) is 1. The lowest BCUT2D eigenvalue weighted by atomic mass is 10.1. The Kier molecular flexibility index (Phi) is 4.17.